The molecule has 0 unspecified atom stereocenters. The van der Waals surface area contributed by atoms with E-state index in [-0.39, 0.29) is 0 Å². The molecule has 0 spiro atoms. The van der Waals surface area contributed by atoms with Crippen molar-refractivity contribution in [2.45, 2.75) is 12.8 Å². The summed E-state index contributed by atoms with van der Waals surface area (Å²) in [5.41, 5.74) is 5.16. The van der Waals surface area contributed by atoms with Gasteiger partial charge < -0.3 is 19.8 Å². The number of likely N-dealkylation sites (tertiary alicyclic amines) is 1. The molecule has 0 saturated carbocycles. The lowest BCUT2D eigenvalue weighted by atomic mass is 9.86. The third-order valence-electron chi connectivity index (χ3n) is 4.90. The van der Waals surface area contributed by atoms with Gasteiger partial charge in [-0.3, -0.25) is 0 Å². The van der Waals surface area contributed by atoms with E-state index in [9.17, 15) is 9.59 Å². The molecule has 30 heavy (non-hydrogen) atoms. The van der Waals surface area contributed by atoms with E-state index < -0.39 is 11.9 Å². The molecule has 2 N–H and O–H groups in total. The largest absolute Gasteiger partial charge is 0.478 e. The molecule has 1 fully saturated rings. The predicted octanol–water partition coefficient (Wildman–Crippen LogP) is 4.69. The van der Waals surface area contributed by atoms with Gasteiger partial charge in [0.05, 0.1) is 0 Å². The van der Waals surface area contributed by atoms with Crippen molar-refractivity contribution in [2.75, 3.05) is 20.1 Å². The number of hydrogen-bond donors (Lipinski definition) is 2. The first-order chi connectivity index (χ1) is 14.3. The summed E-state index contributed by atoms with van der Waals surface area (Å²) < 4.78 is 6.07. The van der Waals surface area contributed by atoms with Crippen molar-refractivity contribution >= 4 is 29.1 Å². The van der Waals surface area contributed by atoms with Crippen LogP contribution in [-0.4, -0.2) is 47.2 Å². The van der Waals surface area contributed by atoms with Crippen molar-refractivity contribution < 1.29 is 24.5 Å². The maximum Gasteiger partial charge on any atom is 0.328 e. The van der Waals surface area contributed by atoms with Crippen LogP contribution in [0.25, 0.3) is 5.57 Å². The normalized spacial score (nSPS) is 15.5. The molecule has 0 aliphatic carbocycles. The summed E-state index contributed by atoms with van der Waals surface area (Å²) in [6, 6.07) is 14.2. The average Bonchev–Trinajstić information content (AvgIpc) is 2.72. The fourth-order valence-corrected chi connectivity index (χ4v) is 3.65. The Hall–Kier alpha value is -3.09. The maximum absolute atomic E-state index is 9.55. The fourth-order valence-electron chi connectivity index (χ4n) is 3.47. The van der Waals surface area contributed by atoms with E-state index in [0.717, 1.165) is 48.0 Å². The number of aliphatic carboxylic acids is 2. The smallest absolute Gasteiger partial charge is 0.328 e. The number of benzene rings is 2. The van der Waals surface area contributed by atoms with Gasteiger partial charge in [0.25, 0.3) is 0 Å². The van der Waals surface area contributed by atoms with Crippen LogP contribution in [0.4, 0.5) is 0 Å². The van der Waals surface area contributed by atoms with Crippen LogP contribution in [0.1, 0.15) is 24.0 Å². The van der Waals surface area contributed by atoms with Crippen molar-refractivity contribution in [3.05, 3.63) is 76.3 Å². The van der Waals surface area contributed by atoms with E-state index in [1.54, 1.807) is 0 Å². The van der Waals surface area contributed by atoms with E-state index in [4.69, 9.17) is 26.6 Å². The Morgan fingerprint density at radius 2 is 1.57 bits per heavy atom. The van der Waals surface area contributed by atoms with Gasteiger partial charge in [0.15, 0.2) is 0 Å². The minimum Gasteiger partial charge on any atom is -0.478 e. The van der Waals surface area contributed by atoms with Gasteiger partial charge in [0, 0.05) is 41.4 Å². The molecule has 2 heterocycles. The molecule has 2 aromatic rings. The molecular weight excluding hydrogens is 406 g/mol. The number of rotatable bonds is 2. The molecule has 0 bridgehead atoms. The van der Waals surface area contributed by atoms with E-state index in [0.29, 0.717) is 12.2 Å². The lowest BCUT2D eigenvalue weighted by Gasteiger charge is -2.30. The molecule has 156 valence electrons. The first kappa shape index (κ1) is 21.6. The molecule has 2 aliphatic rings. The number of piperidine rings is 1. The Morgan fingerprint density at radius 1 is 0.967 bits per heavy atom. The number of fused-ring (bicyclic) bond motifs is 2. The van der Waals surface area contributed by atoms with Crippen LogP contribution >= 0.6 is 11.6 Å². The van der Waals surface area contributed by atoms with Gasteiger partial charge in [-0.1, -0.05) is 35.4 Å². The summed E-state index contributed by atoms with van der Waals surface area (Å²) in [5.74, 6) is -0.664. The summed E-state index contributed by atoms with van der Waals surface area (Å²) >= 11 is 6.24. The third kappa shape index (κ3) is 5.28. The molecule has 7 heteroatoms. The molecule has 2 aliphatic heterocycles. The Kier molecular flexibility index (Phi) is 6.92. The second-order valence-corrected chi connectivity index (χ2v) is 7.47. The monoisotopic (exact) mass is 427 g/mol. The van der Waals surface area contributed by atoms with Gasteiger partial charge in [-0.05, 0) is 49.7 Å². The number of halogens is 1. The predicted molar refractivity (Wildman–Crippen MR) is 115 cm³/mol. The van der Waals surface area contributed by atoms with Crippen LogP contribution in [0.15, 0.2) is 60.2 Å². The van der Waals surface area contributed by atoms with Crippen LogP contribution in [0.5, 0.6) is 11.5 Å². The Balaban J connectivity index is 0.000000275. The second-order valence-electron chi connectivity index (χ2n) is 7.03. The van der Waals surface area contributed by atoms with Gasteiger partial charge in [-0.15, -0.1) is 0 Å². The van der Waals surface area contributed by atoms with Crippen LogP contribution in [0, 0.1) is 0 Å². The average molecular weight is 428 g/mol. The number of carbonyl (C=O) groups is 2. The zero-order valence-electron chi connectivity index (χ0n) is 16.5. The zero-order chi connectivity index (χ0) is 21.7. The van der Waals surface area contributed by atoms with Crippen molar-refractivity contribution in [3.63, 3.8) is 0 Å². The number of hydrogen-bond acceptors (Lipinski definition) is 4. The van der Waals surface area contributed by atoms with Gasteiger partial charge in [-0.25, -0.2) is 9.59 Å². The quantitative estimate of drug-likeness (QED) is 0.577. The van der Waals surface area contributed by atoms with E-state index in [1.165, 1.54) is 16.7 Å². The summed E-state index contributed by atoms with van der Waals surface area (Å²) in [5, 5.41) is 16.4. The third-order valence-corrected chi connectivity index (χ3v) is 5.14. The summed E-state index contributed by atoms with van der Waals surface area (Å²) in [7, 11) is 2.18. The van der Waals surface area contributed by atoms with E-state index in [2.05, 4.69) is 24.1 Å². The molecule has 2 aromatic carbocycles. The molecule has 0 aromatic heterocycles. The van der Waals surface area contributed by atoms with Gasteiger partial charge >= 0.3 is 11.9 Å². The van der Waals surface area contributed by atoms with Crippen LogP contribution < -0.4 is 4.74 Å². The number of ether oxygens (including phenoxy) is 1. The number of para-hydroxylation sites is 1. The Morgan fingerprint density at radius 3 is 2.20 bits per heavy atom. The highest BCUT2D eigenvalue weighted by Crippen LogP contribution is 2.46. The summed E-state index contributed by atoms with van der Waals surface area (Å²) in [4.78, 5) is 21.5. The van der Waals surface area contributed by atoms with E-state index >= 15 is 0 Å². The minimum absolute atomic E-state index is 0.558. The summed E-state index contributed by atoms with van der Waals surface area (Å²) in [6.45, 7) is 2.22. The first-order valence-electron chi connectivity index (χ1n) is 9.47. The molecular formula is C23H22ClNO5. The summed E-state index contributed by atoms with van der Waals surface area (Å²) in [6.07, 6.45) is 3.32. The second kappa shape index (κ2) is 9.61. The van der Waals surface area contributed by atoms with Crippen molar-refractivity contribution in [3.8, 4) is 11.5 Å². The van der Waals surface area contributed by atoms with Crippen molar-refractivity contribution in [1.29, 1.82) is 0 Å². The van der Waals surface area contributed by atoms with Crippen molar-refractivity contribution in [1.82, 2.24) is 4.90 Å². The maximum atomic E-state index is 9.55. The molecule has 6 nitrogen and oxygen atoms in total. The zero-order valence-corrected chi connectivity index (χ0v) is 17.2. The molecule has 0 amide bonds. The highest BCUT2D eigenvalue weighted by atomic mass is 35.5. The Labute approximate surface area is 179 Å². The molecule has 0 atom stereocenters. The minimum atomic E-state index is -1.26. The van der Waals surface area contributed by atoms with E-state index in [1.807, 2.05) is 30.3 Å². The van der Waals surface area contributed by atoms with Crippen LogP contribution in [0.2, 0.25) is 5.02 Å². The lowest BCUT2D eigenvalue weighted by molar-refractivity contribution is -0.134. The van der Waals surface area contributed by atoms with Crippen LogP contribution in [0.3, 0.4) is 0 Å². The lowest BCUT2D eigenvalue weighted by Crippen LogP contribution is -2.27. The Bertz CT molecular complexity index is 1000. The number of carboxylic acids is 2. The first-order valence-corrected chi connectivity index (χ1v) is 9.84. The van der Waals surface area contributed by atoms with Gasteiger partial charge in [0.2, 0.25) is 0 Å². The van der Waals surface area contributed by atoms with Crippen molar-refractivity contribution in [2.24, 2.45) is 0 Å². The standard InChI is InChI=1S/C19H18ClNO.C4H4O4/c1-21-10-8-13(9-11-21)19-15-4-2-3-5-17(15)22-18-7-6-14(20)12-16(18)19;5-3(6)1-2-4(7)8/h2-7,12H,8-11H2,1H3;1-2H,(H,5,6)(H,7,8). The molecule has 1 saturated heterocycles. The fraction of sp³-hybridized carbons (Fsp3) is 0.217. The van der Waals surface area contributed by atoms with Crippen LogP contribution in [-0.2, 0) is 9.59 Å². The highest BCUT2D eigenvalue weighted by molar-refractivity contribution is 6.30. The highest BCUT2D eigenvalue weighted by Gasteiger charge is 2.26. The van der Waals surface area contributed by atoms with Gasteiger partial charge in [0.1, 0.15) is 11.5 Å². The SMILES string of the molecule is CN1CCC(=C2c3ccccc3Oc3ccc(Cl)cc32)CC1.O=C(O)C=CC(=O)O. The number of carboxylic acid groups (broad SMARTS) is 2. The molecule has 0 radical (unpaired) electrons. The topological polar surface area (TPSA) is 87.1 Å². The van der Waals surface area contributed by atoms with Gasteiger partial charge in [-0.2, -0.15) is 0 Å². The molecule has 4 rings (SSSR count). The number of nitrogens with zero attached hydrogens (tertiary/aromatic N) is 1.